The molecule has 0 radical (unpaired) electrons. The van der Waals surface area contributed by atoms with E-state index in [2.05, 4.69) is 6.07 Å². The summed E-state index contributed by atoms with van der Waals surface area (Å²) in [5.74, 6) is 0. The van der Waals surface area contributed by atoms with Crippen molar-refractivity contribution in [2.24, 2.45) is 0 Å². The van der Waals surface area contributed by atoms with Crippen LogP contribution in [0.3, 0.4) is 0 Å². The molecule has 1 fully saturated rings. The van der Waals surface area contributed by atoms with Gasteiger partial charge in [0.1, 0.15) is 0 Å². The topological polar surface area (TPSA) is 42.2 Å². The second-order valence-electron chi connectivity index (χ2n) is 6.87. The molecule has 1 saturated heterocycles. The highest BCUT2D eigenvalue weighted by Crippen LogP contribution is 2.36. The Morgan fingerprint density at radius 2 is 1.52 bits per heavy atom. The number of hydrogen-bond donors (Lipinski definition) is 0. The molecular formula is C19H20BNO2. The predicted molar refractivity (Wildman–Crippen MR) is 92.3 cm³/mol. The maximum atomic E-state index is 9.52. The van der Waals surface area contributed by atoms with Gasteiger partial charge in [0.15, 0.2) is 0 Å². The van der Waals surface area contributed by atoms with Crippen LogP contribution in [0.5, 0.6) is 0 Å². The summed E-state index contributed by atoms with van der Waals surface area (Å²) in [5, 5.41) is 9.52. The van der Waals surface area contributed by atoms with Crippen LogP contribution in [-0.4, -0.2) is 18.3 Å². The van der Waals surface area contributed by atoms with Crippen LogP contribution < -0.4 is 5.46 Å². The van der Waals surface area contributed by atoms with Gasteiger partial charge in [-0.05, 0) is 50.4 Å². The Labute approximate surface area is 138 Å². The Morgan fingerprint density at radius 3 is 2.09 bits per heavy atom. The minimum Gasteiger partial charge on any atom is -0.399 e. The monoisotopic (exact) mass is 305 g/mol. The van der Waals surface area contributed by atoms with Gasteiger partial charge in [-0.1, -0.05) is 42.5 Å². The van der Waals surface area contributed by atoms with E-state index in [1.165, 1.54) is 0 Å². The van der Waals surface area contributed by atoms with Gasteiger partial charge in [-0.15, -0.1) is 0 Å². The van der Waals surface area contributed by atoms with Crippen molar-refractivity contribution in [1.82, 2.24) is 0 Å². The van der Waals surface area contributed by atoms with Gasteiger partial charge in [0, 0.05) is 0 Å². The fourth-order valence-corrected chi connectivity index (χ4v) is 2.65. The maximum Gasteiger partial charge on any atom is 0.494 e. The molecule has 0 spiro atoms. The highest BCUT2D eigenvalue weighted by Gasteiger charge is 2.51. The quantitative estimate of drug-likeness (QED) is 0.797. The largest absolute Gasteiger partial charge is 0.494 e. The van der Waals surface area contributed by atoms with E-state index in [9.17, 15) is 5.26 Å². The lowest BCUT2D eigenvalue weighted by Crippen LogP contribution is -2.41. The fourth-order valence-electron chi connectivity index (χ4n) is 2.65. The zero-order valence-electron chi connectivity index (χ0n) is 14.0. The van der Waals surface area contributed by atoms with Crippen LogP contribution in [-0.2, 0) is 9.31 Å². The molecule has 0 aromatic heterocycles. The van der Waals surface area contributed by atoms with Gasteiger partial charge in [0.05, 0.1) is 22.8 Å². The summed E-state index contributed by atoms with van der Waals surface area (Å²) in [6.07, 6.45) is 0. The molecule has 0 unspecified atom stereocenters. The minimum absolute atomic E-state index is 0.386. The maximum absolute atomic E-state index is 9.52. The van der Waals surface area contributed by atoms with Crippen LogP contribution >= 0.6 is 0 Å². The van der Waals surface area contributed by atoms with Gasteiger partial charge in [-0.25, -0.2) is 0 Å². The van der Waals surface area contributed by atoms with Crippen LogP contribution in [0.1, 0.15) is 33.3 Å². The van der Waals surface area contributed by atoms with Crippen molar-refractivity contribution in [3.63, 3.8) is 0 Å². The first kappa shape index (κ1) is 15.8. The van der Waals surface area contributed by atoms with Crippen molar-refractivity contribution < 1.29 is 9.31 Å². The predicted octanol–water partition coefficient (Wildman–Crippen LogP) is 3.52. The lowest BCUT2D eigenvalue weighted by molar-refractivity contribution is 0.00578. The summed E-state index contributed by atoms with van der Waals surface area (Å²) in [4.78, 5) is 0. The average Bonchev–Trinajstić information content (AvgIpc) is 2.75. The van der Waals surface area contributed by atoms with E-state index >= 15 is 0 Å². The first-order valence-electron chi connectivity index (χ1n) is 7.79. The van der Waals surface area contributed by atoms with Crippen molar-refractivity contribution in [2.75, 3.05) is 0 Å². The molecule has 0 amide bonds. The van der Waals surface area contributed by atoms with Crippen LogP contribution in [0.25, 0.3) is 11.1 Å². The third-order valence-corrected chi connectivity index (χ3v) is 4.77. The Kier molecular flexibility index (Phi) is 3.79. The number of nitrogens with zero attached hydrogens (tertiary/aromatic N) is 1. The molecule has 3 nitrogen and oxygen atoms in total. The van der Waals surface area contributed by atoms with Gasteiger partial charge in [0.25, 0.3) is 0 Å². The summed E-state index contributed by atoms with van der Waals surface area (Å²) < 4.78 is 12.1. The van der Waals surface area contributed by atoms with E-state index in [1.54, 1.807) is 0 Å². The van der Waals surface area contributed by atoms with Gasteiger partial charge >= 0.3 is 7.12 Å². The average molecular weight is 305 g/mol. The first-order chi connectivity index (χ1) is 10.8. The Balaban J connectivity index is 1.97. The zero-order valence-corrected chi connectivity index (χ0v) is 14.0. The molecule has 0 atom stereocenters. The summed E-state index contributed by atoms with van der Waals surface area (Å²) in [5.41, 5.74) is 2.69. The second kappa shape index (κ2) is 5.52. The van der Waals surface area contributed by atoms with Crippen molar-refractivity contribution >= 4 is 12.6 Å². The first-order valence-corrected chi connectivity index (χ1v) is 7.79. The zero-order chi connectivity index (χ0) is 16.7. The number of nitriles is 1. The van der Waals surface area contributed by atoms with Crippen molar-refractivity contribution in [2.45, 2.75) is 38.9 Å². The number of hydrogen-bond acceptors (Lipinski definition) is 3. The molecule has 3 rings (SSSR count). The van der Waals surface area contributed by atoms with E-state index in [0.29, 0.717) is 5.56 Å². The smallest absolute Gasteiger partial charge is 0.399 e. The van der Waals surface area contributed by atoms with E-state index < -0.39 is 7.12 Å². The molecule has 1 aliphatic heterocycles. The molecule has 4 heteroatoms. The third-order valence-electron chi connectivity index (χ3n) is 4.77. The molecule has 23 heavy (non-hydrogen) atoms. The molecule has 1 heterocycles. The minimum atomic E-state index is -0.447. The Hall–Kier alpha value is -2.09. The van der Waals surface area contributed by atoms with Crippen molar-refractivity contribution in [1.29, 1.82) is 5.26 Å². The number of benzene rings is 2. The second-order valence-corrected chi connectivity index (χ2v) is 6.87. The van der Waals surface area contributed by atoms with E-state index in [0.717, 1.165) is 16.6 Å². The highest BCUT2D eigenvalue weighted by atomic mass is 16.7. The van der Waals surface area contributed by atoms with Gasteiger partial charge in [0.2, 0.25) is 0 Å². The highest BCUT2D eigenvalue weighted by molar-refractivity contribution is 6.62. The van der Waals surface area contributed by atoms with Gasteiger partial charge < -0.3 is 9.31 Å². The van der Waals surface area contributed by atoms with E-state index in [4.69, 9.17) is 9.31 Å². The molecule has 2 aromatic rings. The van der Waals surface area contributed by atoms with Gasteiger partial charge in [-0.2, -0.15) is 5.26 Å². The van der Waals surface area contributed by atoms with Crippen molar-refractivity contribution in [3.05, 3.63) is 54.1 Å². The summed E-state index contributed by atoms with van der Waals surface area (Å²) in [6.45, 7) is 8.10. The lowest BCUT2D eigenvalue weighted by atomic mass is 9.77. The number of rotatable bonds is 2. The molecule has 0 N–H and O–H groups in total. The van der Waals surface area contributed by atoms with Crippen molar-refractivity contribution in [3.8, 4) is 17.2 Å². The van der Waals surface area contributed by atoms with Crippen LogP contribution in [0.15, 0.2) is 48.5 Å². The molecule has 0 bridgehead atoms. The van der Waals surface area contributed by atoms with Gasteiger partial charge in [-0.3, -0.25) is 0 Å². The lowest BCUT2D eigenvalue weighted by Gasteiger charge is -2.32. The molecule has 2 aromatic carbocycles. The SMILES string of the molecule is CC1(C)OB(c2ccc(-c3ccccc3)c(C#N)c2)OC1(C)C. The molecule has 116 valence electrons. The summed E-state index contributed by atoms with van der Waals surface area (Å²) in [6, 6.07) is 18.0. The molecule has 0 aliphatic carbocycles. The van der Waals surface area contributed by atoms with Crippen LogP contribution in [0.4, 0.5) is 0 Å². The standard InChI is InChI=1S/C19H20BNO2/c1-18(2)19(3,4)23-20(22-18)16-10-11-17(15(12-16)13-21)14-8-6-5-7-9-14/h5-12H,1-4H3. The van der Waals surface area contributed by atoms with E-state index in [1.807, 2.05) is 76.2 Å². The third kappa shape index (κ3) is 2.78. The Bertz CT molecular complexity index is 747. The van der Waals surface area contributed by atoms with Crippen LogP contribution in [0.2, 0.25) is 0 Å². The Morgan fingerprint density at radius 1 is 0.913 bits per heavy atom. The fraction of sp³-hybridized carbons (Fsp3) is 0.316. The summed E-state index contributed by atoms with van der Waals surface area (Å²) in [7, 11) is -0.447. The van der Waals surface area contributed by atoms with E-state index in [-0.39, 0.29) is 11.2 Å². The molecule has 0 saturated carbocycles. The molecule has 1 aliphatic rings. The molecular weight excluding hydrogens is 285 g/mol. The normalized spacial score (nSPS) is 18.7. The summed E-state index contributed by atoms with van der Waals surface area (Å²) >= 11 is 0. The van der Waals surface area contributed by atoms with Crippen LogP contribution in [0, 0.1) is 11.3 Å².